The van der Waals surface area contributed by atoms with Crippen molar-refractivity contribution in [2.24, 2.45) is 0 Å². The molecule has 1 aromatic carbocycles. The van der Waals surface area contributed by atoms with E-state index in [1.54, 1.807) is 0 Å². The molecule has 2 aromatic heterocycles. The Kier molecular flexibility index (Phi) is 8.90. The first-order valence-corrected chi connectivity index (χ1v) is 15.7. The highest BCUT2D eigenvalue weighted by molar-refractivity contribution is 7.66. The first kappa shape index (κ1) is 31.4. The van der Waals surface area contributed by atoms with E-state index in [0.29, 0.717) is 0 Å². The zero-order valence-corrected chi connectivity index (χ0v) is 23.4. The van der Waals surface area contributed by atoms with E-state index in [4.69, 9.17) is 42.3 Å². The molecule has 1 fully saturated rings. The van der Waals surface area contributed by atoms with Gasteiger partial charge in [0.2, 0.25) is 0 Å². The van der Waals surface area contributed by atoms with Crippen molar-refractivity contribution < 1.29 is 65.8 Å². The number of nitrogens with zero attached hydrogens (tertiary/aromatic N) is 4. The fourth-order valence-electron chi connectivity index (χ4n) is 3.63. The van der Waals surface area contributed by atoms with Crippen LogP contribution in [0.25, 0.3) is 11.2 Å². The first-order valence-electron chi connectivity index (χ1n) is 10.8. The minimum atomic E-state index is -5.80. The van der Waals surface area contributed by atoms with Crippen LogP contribution >= 0.6 is 35.1 Å². The lowest BCUT2D eigenvalue weighted by Gasteiger charge is -2.22. The summed E-state index contributed by atoms with van der Waals surface area (Å²) in [5.41, 5.74) is 11.7. The van der Waals surface area contributed by atoms with Crippen LogP contribution in [0.2, 0.25) is 5.02 Å². The van der Waals surface area contributed by atoms with Crippen LogP contribution in [-0.4, -0.2) is 75.1 Å². The number of nitrogen functional groups attached to an aromatic ring is 2. The highest BCUT2D eigenvalue weighted by Crippen LogP contribution is 2.66. The second-order valence-electron chi connectivity index (χ2n) is 8.13. The van der Waals surface area contributed by atoms with Gasteiger partial charge in [-0.3, -0.25) is 9.09 Å². The van der Waals surface area contributed by atoms with Crippen LogP contribution in [0.5, 0.6) is 0 Å². The maximum absolute atomic E-state index is 13.0. The molecule has 0 saturated carbocycles. The van der Waals surface area contributed by atoms with Gasteiger partial charge in [-0.15, -0.1) is 0 Å². The zero-order valence-electron chi connectivity index (χ0n) is 20.0. The topological polar surface area (TPSA) is 311 Å². The number of phosphoric ester groups is 1. The van der Waals surface area contributed by atoms with Gasteiger partial charge in [0, 0.05) is 10.7 Å². The lowest BCUT2D eigenvalue weighted by molar-refractivity contribution is -0.0557. The number of benzene rings is 1. The molecule has 1 aliphatic heterocycles. The van der Waals surface area contributed by atoms with Crippen molar-refractivity contribution >= 4 is 63.7 Å². The van der Waals surface area contributed by atoms with Crippen molar-refractivity contribution in [2.75, 3.05) is 18.1 Å². The van der Waals surface area contributed by atoms with Gasteiger partial charge in [-0.05, 0) is 18.2 Å². The number of hydrogen-bond donors (Lipinski definition) is 7. The van der Waals surface area contributed by atoms with Crippen molar-refractivity contribution in [3.63, 3.8) is 0 Å². The summed E-state index contributed by atoms with van der Waals surface area (Å²) in [4.78, 5) is 61.3. The Labute approximate surface area is 233 Å². The summed E-state index contributed by atoms with van der Waals surface area (Å²) >= 11 is 5.94. The average molecular weight is 661 g/mol. The molecule has 0 amide bonds. The Hall–Kier alpha value is -2.54. The summed E-state index contributed by atoms with van der Waals surface area (Å²) in [6.45, 7) is -1.06. The van der Waals surface area contributed by atoms with Crippen LogP contribution in [0.1, 0.15) is 16.6 Å². The van der Waals surface area contributed by atoms with Gasteiger partial charge in [0.15, 0.2) is 23.8 Å². The number of rotatable bonds is 10. The van der Waals surface area contributed by atoms with Crippen LogP contribution in [0.3, 0.4) is 0 Å². The van der Waals surface area contributed by atoms with Gasteiger partial charge in [0.05, 0.1) is 18.5 Å². The Morgan fingerprint density at radius 1 is 1.07 bits per heavy atom. The standard InChI is InChI=1S/C17H20ClN6O14P3/c18-7-1-2-9(19)8(3-7)17(26)36-13-12(25)10(4-34-40(30,31)38-41(32,33)37-39(27,28)29)35-16(13)24-6-23-11-14(20)21-5-22-15(11)24/h1-3,5-6,10,12-13,16,25H,4,19H2,(H,30,31)(H,32,33)(H2,20,21,22)(H2,27,28,29)/t10-,12-,13-,16-/m1/s1. The summed E-state index contributed by atoms with van der Waals surface area (Å²) in [5, 5.41) is 11.1. The largest absolute Gasteiger partial charge is 0.490 e. The Morgan fingerprint density at radius 2 is 1.78 bits per heavy atom. The molecule has 1 saturated heterocycles. The van der Waals surface area contributed by atoms with Gasteiger partial charge >= 0.3 is 29.4 Å². The molecule has 6 atom stereocenters. The number of esters is 1. The van der Waals surface area contributed by atoms with Crippen LogP contribution < -0.4 is 11.5 Å². The minimum Gasteiger partial charge on any atom is -0.451 e. The van der Waals surface area contributed by atoms with Gasteiger partial charge in [0.25, 0.3) is 0 Å². The summed E-state index contributed by atoms with van der Waals surface area (Å²) in [6.07, 6.45) is -4.16. The second kappa shape index (κ2) is 11.6. The Bertz CT molecular complexity index is 1620. The van der Waals surface area contributed by atoms with Crippen molar-refractivity contribution in [1.29, 1.82) is 0 Å². The van der Waals surface area contributed by atoms with Gasteiger partial charge < -0.3 is 45.6 Å². The van der Waals surface area contributed by atoms with E-state index in [2.05, 4.69) is 28.1 Å². The molecule has 9 N–H and O–H groups in total. The van der Waals surface area contributed by atoms with Crippen molar-refractivity contribution in [3.05, 3.63) is 41.4 Å². The number of halogens is 1. The molecular weight excluding hydrogens is 641 g/mol. The second-order valence-corrected chi connectivity index (χ2v) is 13.0. The molecule has 0 spiro atoms. The SMILES string of the molecule is Nc1ccc(Cl)cc1C(=O)O[C@@H]1[C@H](O)[C@@H](COP(=O)(O)OP(=O)(O)OP(=O)(O)O)O[C@H]1n1cnc2c(N)ncnc21. The number of anilines is 2. The van der Waals surface area contributed by atoms with E-state index in [0.717, 1.165) is 6.33 Å². The molecule has 1 aliphatic rings. The number of imidazole rings is 1. The summed E-state index contributed by atoms with van der Waals surface area (Å²) < 4.78 is 58.8. The lowest BCUT2D eigenvalue weighted by atomic mass is 10.1. The molecular formula is C17H20ClN6O14P3. The fourth-order valence-corrected chi connectivity index (χ4v) is 6.83. The van der Waals surface area contributed by atoms with E-state index < -0.39 is 60.6 Å². The van der Waals surface area contributed by atoms with E-state index in [-0.39, 0.29) is 33.3 Å². The fraction of sp³-hybridized carbons (Fsp3) is 0.294. The average Bonchev–Trinajstić information content (AvgIpc) is 3.39. The number of carbonyl (C=O) groups excluding carboxylic acids is 1. The highest BCUT2D eigenvalue weighted by atomic mass is 35.5. The van der Waals surface area contributed by atoms with Crippen LogP contribution in [0.4, 0.5) is 11.5 Å². The number of carbonyl (C=O) groups is 1. The third-order valence-electron chi connectivity index (χ3n) is 5.27. The summed E-state index contributed by atoms with van der Waals surface area (Å²) in [7, 11) is -17.0. The predicted octanol–water partition coefficient (Wildman–Crippen LogP) is 0.471. The van der Waals surface area contributed by atoms with E-state index in [9.17, 15) is 33.4 Å². The molecule has 24 heteroatoms. The van der Waals surface area contributed by atoms with Gasteiger partial charge in [-0.2, -0.15) is 8.62 Å². The molecule has 3 heterocycles. The highest BCUT2D eigenvalue weighted by Gasteiger charge is 2.50. The van der Waals surface area contributed by atoms with Crippen molar-refractivity contribution in [3.8, 4) is 0 Å². The Morgan fingerprint density at radius 3 is 2.46 bits per heavy atom. The monoisotopic (exact) mass is 660 g/mol. The molecule has 224 valence electrons. The molecule has 2 unspecified atom stereocenters. The molecule has 41 heavy (non-hydrogen) atoms. The number of aliphatic hydroxyl groups is 1. The molecule has 4 rings (SSSR count). The number of hydrogen-bond acceptors (Lipinski definition) is 15. The maximum atomic E-state index is 13.0. The number of phosphoric acid groups is 3. The molecule has 20 nitrogen and oxygen atoms in total. The zero-order chi connectivity index (χ0) is 30.3. The molecule has 0 radical (unpaired) electrons. The number of fused-ring (bicyclic) bond motifs is 1. The van der Waals surface area contributed by atoms with Crippen molar-refractivity contribution in [2.45, 2.75) is 24.5 Å². The van der Waals surface area contributed by atoms with Crippen LogP contribution in [0, 0.1) is 0 Å². The first-order chi connectivity index (χ1) is 19.0. The summed E-state index contributed by atoms with van der Waals surface area (Å²) in [6, 6.07) is 3.97. The lowest BCUT2D eigenvalue weighted by Crippen LogP contribution is -2.37. The van der Waals surface area contributed by atoms with E-state index in [1.165, 1.54) is 29.1 Å². The van der Waals surface area contributed by atoms with Gasteiger partial charge in [-0.25, -0.2) is 33.4 Å². The third-order valence-corrected chi connectivity index (χ3v) is 9.31. The smallest absolute Gasteiger partial charge is 0.451 e. The number of nitrogens with two attached hydrogens (primary N) is 2. The van der Waals surface area contributed by atoms with Gasteiger partial charge in [0.1, 0.15) is 24.1 Å². The number of ether oxygens (including phenoxy) is 2. The van der Waals surface area contributed by atoms with Crippen LogP contribution in [-0.2, 0) is 36.3 Å². The minimum absolute atomic E-state index is 0.0119. The maximum Gasteiger partial charge on any atom is 0.490 e. The quantitative estimate of drug-likeness (QED) is 0.0882. The van der Waals surface area contributed by atoms with Crippen molar-refractivity contribution in [1.82, 2.24) is 19.5 Å². The van der Waals surface area contributed by atoms with Gasteiger partial charge in [-0.1, -0.05) is 11.6 Å². The Balaban J connectivity index is 1.60. The van der Waals surface area contributed by atoms with E-state index in [1.807, 2.05) is 0 Å². The van der Waals surface area contributed by atoms with Crippen LogP contribution in [0.15, 0.2) is 30.9 Å². The number of aromatic nitrogens is 4. The summed E-state index contributed by atoms with van der Waals surface area (Å²) in [5.74, 6) is -1.06. The normalized spacial score (nSPS) is 24.1. The third kappa shape index (κ3) is 7.46. The predicted molar refractivity (Wildman–Crippen MR) is 135 cm³/mol. The molecule has 0 aliphatic carbocycles. The molecule has 0 bridgehead atoms. The number of aliphatic hydroxyl groups excluding tert-OH is 1. The van der Waals surface area contributed by atoms with E-state index >= 15 is 0 Å². The molecule has 3 aromatic rings.